The Bertz CT molecular complexity index is 291. The minimum absolute atomic E-state index is 0.0346. The zero-order chi connectivity index (χ0) is 15.7. The number of hydrogen-bond donors (Lipinski definition) is 3. The SMILES string of the molecule is CCCCNC(=O)C(C)C[C@H](O)[C@@H](N)CC1CCCCC1. The van der Waals surface area contributed by atoms with E-state index >= 15 is 0 Å². The van der Waals surface area contributed by atoms with Gasteiger partial charge < -0.3 is 16.2 Å². The molecule has 1 amide bonds. The van der Waals surface area contributed by atoms with Crippen LogP contribution < -0.4 is 11.1 Å². The molecule has 0 aliphatic heterocycles. The van der Waals surface area contributed by atoms with Crippen LogP contribution in [0.15, 0.2) is 0 Å². The third kappa shape index (κ3) is 7.28. The maximum atomic E-state index is 11.9. The van der Waals surface area contributed by atoms with Gasteiger partial charge in [0.25, 0.3) is 0 Å². The molecule has 1 aliphatic rings. The van der Waals surface area contributed by atoms with Gasteiger partial charge in [-0.1, -0.05) is 52.4 Å². The van der Waals surface area contributed by atoms with Crippen molar-refractivity contribution in [3.8, 4) is 0 Å². The number of unbranched alkanes of at least 4 members (excludes halogenated alkanes) is 1. The lowest BCUT2D eigenvalue weighted by molar-refractivity contribution is -0.125. The zero-order valence-corrected chi connectivity index (χ0v) is 13.8. The molecule has 0 radical (unpaired) electrons. The first-order valence-corrected chi connectivity index (χ1v) is 8.76. The molecule has 0 aromatic heterocycles. The van der Waals surface area contributed by atoms with E-state index in [1.54, 1.807) is 0 Å². The van der Waals surface area contributed by atoms with Crippen LogP contribution in [0.4, 0.5) is 0 Å². The second kappa shape index (κ2) is 10.2. The number of carbonyl (C=O) groups excluding carboxylic acids is 1. The van der Waals surface area contributed by atoms with Gasteiger partial charge in [-0.25, -0.2) is 0 Å². The first-order chi connectivity index (χ1) is 10.0. The van der Waals surface area contributed by atoms with Crippen LogP contribution in [0.3, 0.4) is 0 Å². The molecule has 21 heavy (non-hydrogen) atoms. The molecule has 0 saturated heterocycles. The highest BCUT2D eigenvalue weighted by Crippen LogP contribution is 2.28. The molecule has 4 heteroatoms. The molecule has 4 nitrogen and oxygen atoms in total. The summed E-state index contributed by atoms with van der Waals surface area (Å²) >= 11 is 0. The molecule has 0 aromatic carbocycles. The van der Waals surface area contributed by atoms with Gasteiger partial charge in [0, 0.05) is 18.5 Å². The molecule has 1 aliphatic carbocycles. The third-order valence-corrected chi connectivity index (χ3v) is 4.70. The topological polar surface area (TPSA) is 75.3 Å². The second-order valence-corrected chi connectivity index (χ2v) is 6.75. The predicted molar refractivity (Wildman–Crippen MR) is 86.9 cm³/mol. The van der Waals surface area contributed by atoms with Crippen molar-refractivity contribution >= 4 is 5.91 Å². The van der Waals surface area contributed by atoms with Gasteiger partial charge in [0.2, 0.25) is 5.91 Å². The number of nitrogens with one attached hydrogen (secondary N) is 1. The fraction of sp³-hybridized carbons (Fsp3) is 0.941. The Morgan fingerprint density at radius 1 is 1.33 bits per heavy atom. The normalized spacial score (nSPS) is 20.8. The Hall–Kier alpha value is -0.610. The summed E-state index contributed by atoms with van der Waals surface area (Å²) in [6, 6.07) is -0.195. The van der Waals surface area contributed by atoms with E-state index in [-0.39, 0.29) is 17.9 Å². The van der Waals surface area contributed by atoms with Gasteiger partial charge >= 0.3 is 0 Å². The van der Waals surface area contributed by atoms with E-state index in [1.165, 1.54) is 32.1 Å². The van der Waals surface area contributed by atoms with Gasteiger partial charge in [-0.2, -0.15) is 0 Å². The molecule has 1 rings (SSSR count). The van der Waals surface area contributed by atoms with E-state index in [4.69, 9.17) is 5.73 Å². The smallest absolute Gasteiger partial charge is 0.222 e. The van der Waals surface area contributed by atoms with Crippen molar-refractivity contribution in [1.82, 2.24) is 5.32 Å². The highest BCUT2D eigenvalue weighted by Gasteiger charge is 2.25. The van der Waals surface area contributed by atoms with Crippen molar-refractivity contribution in [3.05, 3.63) is 0 Å². The summed E-state index contributed by atoms with van der Waals surface area (Å²) in [5.41, 5.74) is 6.14. The molecule has 124 valence electrons. The number of amides is 1. The Morgan fingerprint density at radius 3 is 2.62 bits per heavy atom. The Kier molecular flexibility index (Phi) is 8.93. The van der Waals surface area contributed by atoms with Gasteiger partial charge in [0.15, 0.2) is 0 Å². The number of hydrogen-bond acceptors (Lipinski definition) is 3. The Labute approximate surface area is 129 Å². The van der Waals surface area contributed by atoms with Crippen LogP contribution in [0.1, 0.15) is 71.6 Å². The summed E-state index contributed by atoms with van der Waals surface area (Å²) in [5, 5.41) is 13.2. The molecule has 1 fully saturated rings. The van der Waals surface area contributed by atoms with E-state index in [2.05, 4.69) is 12.2 Å². The zero-order valence-electron chi connectivity index (χ0n) is 13.8. The number of aliphatic hydroxyl groups excluding tert-OH is 1. The average molecular weight is 298 g/mol. The van der Waals surface area contributed by atoms with Crippen LogP contribution in [0.2, 0.25) is 0 Å². The van der Waals surface area contributed by atoms with Crippen LogP contribution in [-0.4, -0.2) is 29.7 Å². The summed E-state index contributed by atoms with van der Waals surface area (Å²) in [6.07, 6.45) is 9.28. The molecule has 0 bridgehead atoms. The molecular weight excluding hydrogens is 264 g/mol. The van der Waals surface area contributed by atoms with Crippen molar-refractivity contribution in [3.63, 3.8) is 0 Å². The highest BCUT2D eigenvalue weighted by atomic mass is 16.3. The van der Waals surface area contributed by atoms with E-state index in [9.17, 15) is 9.90 Å². The molecule has 1 unspecified atom stereocenters. The van der Waals surface area contributed by atoms with Crippen molar-refractivity contribution in [2.24, 2.45) is 17.6 Å². The minimum atomic E-state index is -0.571. The standard InChI is InChI=1S/C17H34N2O2/c1-3-4-10-19-17(21)13(2)11-16(20)15(18)12-14-8-6-5-7-9-14/h13-16,20H,3-12,18H2,1-2H3,(H,19,21)/t13?,15-,16-/m0/s1. The molecule has 1 saturated carbocycles. The van der Waals surface area contributed by atoms with Crippen LogP contribution in [0, 0.1) is 11.8 Å². The van der Waals surface area contributed by atoms with Gasteiger partial charge in [0.05, 0.1) is 6.10 Å². The van der Waals surface area contributed by atoms with Crippen LogP contribution in [0.25, 0.3) is 0 Å². The highest BCUT2D eigenvalue weighted by molar-refractivity contribution is 5.78. The Morgan fingerprint density at radius 2 is 2.00 bits per heavy atom. The van der Waals surface area contributed by atoms with Gasteiger partial charge in [-0.15, -0.1) is 0 Å². The summed E-state index contributed by atoms with van der Waals surface area (Å²) in [5.74, 6) is 0.527. The number of carbonyl (C=O) groups is 1. The van der Waals surface area contributed by atoms with Crippen molar-refractivity contribution in [2.45, 2.75) is 83.8 Å². The van der Waals surface area contributed by atoms with E-state index in [1.807, 2.05) is 6.92 Å². The van der Waals surface area contributed by atoms with Gasteiger partial charge in [-0.05, 0) is 25.2 Å². The lowest BCUT2D eigenvalue weighted by Gasteiger charge is -2.28. The van der Waals surface area contributed by atoms with Crippen molar-refractivity contribution in [2.75, 3.05) is 6.54 Å². The van der Waals surface area contributed by atoms with Crippen molar-refractivity contribution in [1.29, 1.82) is 0 Å². The molecule has 0 spiro atoms. The van der Waals surface area contributed by atoms with Crippen LogP contribution >= 0.6 is 0 Å². The average Bonchev–Trinajstić information content (AvgIpc) is 2.48. The molecule has 0 aromatic rings. The Balaban J connectivity index is 2.26. The molecule has 3 atom stereocenters. The molecule has 0 heterocycles. The molecule has 4 N–H and O–H groups in total. The largest absolute Gasteiger partial charge is 0.391 e. The fourth-order valence-corrected chi connectivity index (χ4v) is 3.17. The van der Waals surface area contributed by atoms with E-state index < -0.39 is 6.10 Å². The number of nitrogens with two attached hydrogens (primary N) is 1. The monoisotopic (exact) mass is 298 g/mol. The van der Waals surface area contributed by atoms with Gasteiger partial charge in [0.1, 0.15) is 0 Å². The lowest BCUT2D eigenvalue weighted by Crippen LogP contribution is -2.40. The maximum absolute atomic E-state index is 11.9. The summed E-state index contributed by atoms with van der Waals surface area (Å²) in [6.45, 7) is 4.70. The van der Waals surface area contributed by atoms with Gasteiger partial charge in [-0.3, -0.25) is 4.79 Å². The quantitative estimate of drug-likeness (QED) is 0.573. The third-order valence-electron chi connectivity index (χ3n) is 4.70. The minimum Gasteiger partial charge on any atom is -0.391 e. The second-order valence-electron chi connectivity index (χ2n) is 6.75. The van der Waals surface area contributed by atoms with Crippen molar-refractivity contribution < 1.29 is 9.90 Å². The van der Waals surface area contributed by atoms with E-state index in [0.29, 0.717) is 12.3 Å². The lowest BCUT2D eigenvalue weighted by atomic mass is 9.83. The van der Waals surface area contributed by atoms with E-state index in [0.717, 1.165) is 25.8 Å². The number of rotatable bonds is 9. The number of aliphatic hydroxyl groups is 1. The maximum Gasteiger partial charge on any atom is 0.222 e. The van der Waals surface area contributed by atoms with Crippen LogP contribution in [-0.2, 0) is 4.79 Å². The summed E-state index contributed by atoms with van der Waals surface area (Å²) in [7, 11) is 0. The van der Waals surface area contributed by atoms with Crippen LogP contribution in [0.5, 0.6) is 0 Å². The predicted octanol–water partition coefficient (Wildman–Crippen LogP) is 2.59. The molecular formula is C17H34N2O2. The summed E-state index contributed by atoms with van der Waals surface area (Å²) in [4.78, 5) is 11.9. The fourth-order valence-electron chi connectivity index (χ4n) is 3.17. The summed E-state index contributed by atoms with van der Waals surface area (Å²) < 4.78 is 0. The first kappa shape index (κ1) is 18.4. The first-order valence-electron chi connectivity index (χ1n) is 8.76.